The minimum atomic E-state index is -0.303. The first-order valence-electron chi connectivity index (χ1n) is 10.3. The van der Waals surface area contributed by atoms with Crippen LogP contribution in [0.3, 0.4) is 0 Å². The Balaban J connectivity index is 1.33. The Morgan fingerprint density at radius 3 is 2.71 bits per heavy atom. The lowest BCUT2D eigenvalue weighted by atomic mass is 10.3. The number of anilines is 3. The summed E-state index contributed by atoms with van der Waals surface area (Å²) in [5, 5.41) is 14.0. The normalized spacial score (nSPS) is 11.5. The minimum Gasteiger partial charge on any atom is -0.495 e. The summed E-state index contributed by atoms with van der Waals surface area (Å²) in [7, 11) is 1.62. The second-order valence-electron chi connectivity index (χ2n) is 7.07. The summed E-state index contributed by atoms with van der Waals surface area (Å²) in [4.78, 5) is 19.3. The lowest BCUT2D eigenvalue weighted by Gasteiger charge is -2.14. The van der Waals surface area contributed by atoms with Gasteiger partial charge in [0.15, 0.2) is 10.2 Å². The van der Waals surface area contributed by atoms with Gasteiger partial charge in [-0.25, -0.2) is 4.98 Å². The van der Waals surface area contributed by atoms with Gasteiger partial charge in [-0.2, -0.15) is 0 Å². The Bertz CT molecular complexity index is 1270. The number of methoxy groups -OCH3 is 1. The highest BCUT2D eigenvalue weighted by atomic mass is 32.2. The number of rotatable bonds is 8. The molecule has 0 bridgehead atoms. The van der Waals surface area contributed by atoms with Gasteiger partial charge in [0.05, 0.1) is 28.6 Å². The number of para-hydroxylation sites is 2. The molecular weight excluding hydrogens is 505 g/mol. The average Bonchev–Trinajstić information content (AvgIpc) is 3.52. The molecule has 34 heavy (non-hydrogen) atoms. The Labute approximate surface area is 215 Å². The molecule has 2 aromatic carbocycles. The van der Waals surface area contributed by atoms with E-state index >= 15 is 0 Å². The van der Waals surface area contributed by atoms with E-state index in [1.165, 1.54) is 23.1 Å². The van der Waals surface area contributed by atoms with Crippen molar-refractivity contribution in [1.82, 2.24) is 4.98 Å². The molecule has 2 aromatic heterocycles. The van der Waals surface area contributed by atoms with Crippen molar-refractivity contribution in [2.45, 2.75) is 17.1 Å². The molecule has 0 aliphatic carbocycles. The number of thiocarbonyl (C=S) groups is 1. The van der Waals surface area contributed by atoms with Gasteiger partial charge < -0.3 is 20.7 Å². The minimum absolute atomic E-state index is 0.0937. The number of thiophene rings is 1. The van der Waals surface area contributed by atoms with E-state index in [1.807, 2.05) is 78.3 Å². The standard InChI is InChI=1S/C24H22N4O2S4/c1-15(22(29)28-24-27-19(14-33-24)21-11-6-12-32-21)34-17-8-5-7-16(13-17)25-23(31)26-18-9-3-4-10-20(18)30-2/h3-15H,1-2H3,(H2,25,26,31)(H,27,28,29). The summed E-state index contributed by atoms with van der Waals surface area (Å²) in [6.07, 6.45) is 0. The van der Waals surface area contributed by atoms with Gasteiger partial charge in [-0.05, 0) is 60.9 Å². The first kappa shape index (κ1) is 24.2. The fourth-order valence-corrected chi connectivity index (χ4v) is 5.64. The summed E-state index contributed by atoms with van der Waals surface area (Å²) in [5.41, 5.74) is 2.49. The Morgan fingerprint density at radius 2 is 1.91 bits per heavy atom. The molecule has 0 fully saturated rings. The molecule has 0 aliphatic rings. The zero-order chi connectivity index (χ0) is 23.9. The summed E-state index contributed by atoms with van der Waals surface area (Å²) in [6.45, 7) is 1.88. The SMILES string of the molecule is COc1ccccc1NC(=S)Nc1cccc(SC(C)C(=O)Nc2nc(-c3cccs3)cs2)c1. The summed E-state index contributed by atoms with van der Waals surface area (Å²) < 4.78 is 5.35. The molecular formula is C24H22N4O2S4. The number of thiazole rings is 1. The number of nitrogens with zero attached hydrogens (tertiary/aromatic N) is 1. The third kappa shape index (κ3) is 6.35. The smallest absolute Gasteiger partial charge is 0.239 e. The summed E-state index contributed by atoms with van der Waals surface area (Å²) >= 11 is 9.97. The van der Waals surface area contributed by atoms with Crippen LogP contribution in [0.15, 0.2) is 76.3 Å². The number of hydrogen-bond donors (Lipinski definition) is 3. The van der Waals surface area contributed by atoms with E-state index in [4.69, 9.17) is 17.0 Å². The van der Waals surface area contributed by atoms with E-state index in [2.05, 4.69) is 20.9 Å². The van der Waals surface area contributed by atoms with Crippen LogP contribution in [0, 0.1) is 0 Å². The quantitative estimate of drug-likeness (QED) is 0.172. The number of thioether (sulfide) groups is 1. The van der Waals surface area contributed by atoms with Crippen LogP contribution in [0.25, 0.3) is 10.6 Å². The van der Waals surface area contributed by atoms with Crippen LogP contribution >= 0.6 is 46.7 Å². The van der Waals surface area contributed by atoms with Crippen molar-refractivity contribution >= 4 is 74.2 Å². The highest BCUT2D eigenvalue weighted by Gasteiger charge is 2.17. The number of ether oxygens (including phenoxy) is 1. The fourth-order valence-electron chi connectivity index (χ4n) is 3.01. The van der Waals surface area contributed by atoms with Crippen molar-refractivity contribution in [2.75, 3.05) is 23.1 Å². The zero-order valence-electron chi connectivity index (χ0n) is 18.4. The number of amides is 1. The summed E-state index contributed by atoms with van der Waals surface area (Å²) in [5.74, 6) is 0.613. The van der Waals surface area contributed by atoms with Crippen LogP contribution in [0.1, 0.15) is 6.92 Å². The summed E-state index contributed by atoms with van der Waals surface area (Å²) in [6, 6.07) is 19.3. The van der Waals surface area contributed by atoms with Crippen LogP contribution in [0.2, 0.25) is 0 Å². The van der Waals surface area contributed by atoms with Gasteiger partial charge in [0.2, 0.25) is 5.91 Å². The van der Waals surface area contributed by atoms with Gasteiger partial charge in [-0.3, -0.25) is 4.79 Å². The third-order valence-corrected chi connectivity index (χ3v) is 7.59. The maximum Gasteiger partial charge on any atom is 0.239 e. The van der Waals surface area contributed by atoms with Crippen molar-refractivity contribution in [3.05, 3.63) is 71.4 Å². The van der Waals surface area contributed by atoms with Crippen LogP contribution in [0.4, 0.5) is 16.5 Å². The molecule has 0 radical (unpaired) electrons. The lowest BCUT2D eigenvalue weighted by Crippen LogP contribution is -2.22. The second-order valence-corrected chi connectivity index (χ2v) is 10.7. The second kappa shape index (κ2) is 11.5. The molecule has 0 saturated heterocycles. The Hall–Kier alpha value is -2.92. The molecule has 1 unspecified atom stereocenters. The molecule has 1 atom stereocenters. The van der Waals surface area contributed by atoms with Crippen molar-refractivity contribution in [3.63, 3.8) is 0 Å². The van der Waals surface area contributed by atoms with Gasteiger partial charge in [0.1, 0.15) is 5.75 Å². The molecule has 2 heterocycles. The monoisotopic (exact) mass is 526 g/mol. The molecule has 0 aliphatic heterocycles. The molecule has 6 nitrogen and oxygen atoms in total. The van der Waals surface area contributed by atoms with E-state index in [9.17, 15) is 4.79 Å². The van der Waals surface area contributed by atoms with Crippen molar-refractivity contribution in [2.24, 2.45) is 0 Å². The lowest BCUT2D eigenvalue weighted by molar-refractivity contribution is -0.115. The van der Waals surface area contributed by atoms with Gasteiger partial charge in [0.25, 0.3) is 0 Å². The molecule has 10 heteroatoms. The van der Waals surface area contributed by atoms with Crippen LogP contribution < -0.4 is 20.7 Å². The molecule has 1 amide bonds. The fraction of sp³-hybridized carbons (Fsp3) is 0.125. The van der Waals surface area contributed by atoms with E-state index in [-0.39, 0.29) is 11.2 Å². The predicted octanol–water partition coefficient (Wildman–Crippen LogP) is 6.81. The molecule has 3 N–H and O–H groups in total. The molecule has 174 valence electrons. The van der Waals surface area contributed by atoms with Crippen molar-refractivity contribution < 1.29 is 9.53 Å². The van der Waals surface area contributed by atoms with Gasteiger partial charge in [-0.1, -0.05) is 24.3 Å². The zero-order valence-corrected chi connectivity index (χ0v) is 21.7. The van der Waals surface area contributed by atoms with Crippen LogP contribution in [-0.4, -0.2) is 28.4 Å². The molecule has 4 aromatic rings. The Kier molecular flexibility index (Phi) is 8.17. The van der Waals surface area contributed by atoms with Crippen molar-refractivity contribution in [3.8, 4) is 16.3 Å². The van der Waals surface area contributed by atoms with E-state index in [1.54, 1.807) is 18.4 Å². The third-order valence-electron chi connectivity index (χ3n) is 4.64. The van der Waals surface area contributed by atoms with Crippen molar-refractivity contribution in [1.29, 1.82) is 0 Å². The average molecular weight is 527 g/mol. The molecule has 0 spiro atoms. The molecule has 0 saturated carbocycles. The first-order chi connectivity index (χ1) is 16.5. The van der Waals surface area contributed by atoms with Gasteiger partial charge in [-0.15, -0.1) is 34.4 Å². The number of hydrogen-bond acceptors (Lipinski definition) is 7. The predicted molar refractivity (Wildman–Crippen MR) is 149 cm³/mol. The maximum absolute atomic E-state index is 12.7. The number of carbonyl (C=O) groups is 1. The van der Waals surface area contributed by atoms with Gasteiger partial charge >= 0.3 is 0 Å². The largest absolute Gasteiger partial charge is 0.495 e. The Morgan fingerprint density at radius 1 is 1.06 bits per heavy atom. The number of benzene rings is 2. The molecule has 4 rings (SSSR count). The van der Waals surface area contributed by atoms with E-state index in [0.717, 1.165) is 26.8 Å². The van der Waals surface area contributed by atoms with Crippen LogP contribution in [-0.2, 0) is 4.79 Å². The highest BCUT2D eigenvalue weighted by molar-refractivity contribution is 8.00. The van der Waals surface area contributed by atoms with E-state index < -0.39 is 0 Å². The number of nitrogens with one attached hydrogen (secondary N) is 3. The number of carbonyl (C=O) groups excluding carboxylic acids is 1. The van der Waals surface area contributed by atoms with E-state index in [0.29, 0.717) is 16.0 Å². The highest BCUT2D eigenvalue weighted by Crippen LogP contribution is 2.30. The van der Waals surface area contributed by atoms with Gasteiger partial charge in [0, 0.05) is 16.0 Å². The first-order valence-corrected chi connectivity index (χ1v) is 13.3. The van der Waals surface area contributed by atoms with Crippen LogP contribution in [0.5, 0.6) is 5.75 Å². The topological polar surface area (TPSA) is 75.3 Å². The maximum atomic E-state index is 12.7. The number of aromatic nitrogens is 1.